The highest BCUT2D eigenvalue weighted by molar-refractivity contribution is 5.66. The van der Waals surface area contributed by atoms with E-state index in [1.165, 1.54) is 0 Å². The van der Waals surface area contributed by atoms with E-state index in [2.05, 4.69) is 4.74 Å². The smallest absolute Gasteiger partial charge is 0.416 e. The fourth-order valence-electron chi connectivity index (χ4n) is 1.18. The van der Waals surface area contributed by atoms with E-state index in [-0.39, 0.29) is 5.56 Å². The third-order valence-corrected chi connectivity index (χ3v) is 1.94. The molecule has 3 nitrogen and oxygen atoms in total. The van der Waals surface area contributed by atoms with Crippen LogP contribution >= 0.6 is 0 Å². The summed E-state index contributed by atoms with van der Waals surface area (Å²) in [4.78, 5) is 10.7. The number of nitriles is 1. The zero-order valence-corrected chi connectivity index (χ0v) is 8.78. The molecule has 1 atom stereocenters. The third kappa shape index (κ3) is 3.48. The monoisotopic (exact) mass is 243 g/mol. The first kappa shape index (κ1) is 13.0. The molecule has 0 N–H and O–H groups in total. The van der Waals surface area contributed by atoms with Crippen LogP contribution in [0.3, 0.4) is 0 Å². The summed E-state index contributed by atoms with van der Waals surface area (Å²) >= 11 is 0. The van der Waals surface area contributed by atoms with Crippen molar-refractivity contribution in [2.75, 3.05) is 0 Å². The molecule has 0 saturated heterocycles. The summed E-state index contributed by atoms with van der Waals surface area (Å²) in [6, 6.07) is 5.58. The van der Waals surface area contributed by atoms with E-state index in [9.17, 15) is 18.0 Å². The van der Waals surface area contributed by atoms with Gasteiger partial charge in [0.15, 0.2) is 0 Å². The molecular weight excluding hydrogens is 235 g/mol. The van der Waals surface area contributed by atoms with Gasteiger partial charge in [0.25, 0.3) is 0 Å². The van der Waals surface area contributed by atoms with Crippen LogP contribution in [-0.4, -0.2) is 5.97 Å². The highest BCUT2D eigenvalue weighted by Crippen LogP contribution is 2.30. The summed E-state index contributed by atoms with van der Waals surface area (Å²) in [6.07, 6.45) is -5.61. The number of carbonyl (C=O) groups is 1. The van der Waals surface area contributed by atoms with Crippen molar-refractivity contribution in [2.24, 2.45) is 0 Å². The average molecular weight is 243 g/mol. The minimum absolute atomic E-state index is 0.204. The van der Waals surface area contributed by atoms with Gasteiger partial charge in [-0.15, -0.1) is 0 Å². The summed E-state index contributed by atoms with van der Waals surface area (Å²) in [7, 11) is 0. The second-order valence-corrected chi connectivity index (χ2v) is 3.24. The maximum atomic E-state index is 12.3. The Bertz CT molecular complexity index is 445. The van der Waals surface area contributed by atoms with Gasteiger partial charge in [-0.05, 0) is 12.1 Å². The minimum Gasteiger partial charge on any atom is -0.442 e. The zero-order valence-electron chi connectivity index (χ0n) is 8.78. The van der Waals surface area contributed by atoms with Crippen LogP contribution in [-0.2, 0) is 15.7 Å². The molecule has 0 unspecified atom stereocenters. The molecule has 1 aromatic rings. The number of nitrogens with zero attached hydrogens (tertiary/aromatic N) is 1. The van der Waals surface area contributed by atoms with E-state index in [0.29, 0.717) is 0 Å². The number of alkyl halides is 3. The predicted molar refractivity (Wildman–Crippen MR) is 51.6 cm³/mol. The standard InChI is InChI=1S/C11H8F3NO2/c1-7(16)17-10(6-15)8-2-4-9(5-3-8)11(12,13)14/h2-5,10H,1H3/t10-/m0/s1. The Kier molecular flexibility index (Phi) is 3.73. The van der Waals surface area contributed by atoms with Crippen molar-refractivity contribution in [3.8, 4) is 6.07 Å². The summed E-state index contributed by atoms with van der Waals surface area (Å²) in [5.41, 5.74) is -0.614. The second-order valence-electron chi connectivity index (χ2n) is 3.24. The number of hydrogen-bond acceptors (Lipinski definition) is 3. The van der Waals surface area contributed by atoms with Crippen LogP contribution in [0, 0.1) is 11.3 Å². The lowest BCUT2D eigenvalue weighted by Crippen LogP contribution is -2.08. The fraction of sp³-hybridized carbons (Fsp3) is 0.273. The third-order valence-electron chi connectivity index (χ3n) is 1.94. The van der Waals surface area contributed by atoms with Crippen LogP contribution < -0.4 is 0 Å². The molecular formula is C11H8F3NO2. The quantitative estimate of drug-likeness (QED) is 0.750. The van der Waals surface area contributed by atoms with Crippen molar-refractivity contribution >= 4 is 5.97 Å². The van der Waals surface area contributed by atoms with Gasteiger partial charge in [-0.1, -0.05) is 12.1 Å². The van der Waals surface area contributed by atoms with E-state index < -0.39 is 23.8 Å². The summed E-state index contributed by atoms with van der Waals surface area (Å²) in [5.74, 6) is -0.670. The molecule has 0 bridgehead atoms. The summed E-state index contributed by atoms with van der Waals surface area (Å²) in [6.45, 7) is 1.12. The van der Waals surface area contributed by atoms with Gasteiger partial charge in [-0.2, -0.15) is 18.4 Å². The van der Waals surface area contributed by atoms with Crippen LogP contribution in [0.25, 0.3) is 0 Å². The van der Waals surface area contributed by atoms with Gasteiger partial charge in [0, 0.05) is 12.5 Å². The van der Waals surface area contributed by atoms with Gasteiger partial charge in [0.05, 0.1) is 5.56 Å². The van der Waals surface area contributed by atoms with Crippen molar-refractivity contribution in [3.05, 3.63) is 35.4 Å². The van der Waals surface area contributed by atoms with Crippen molar-refractivity contribution in [2.45, 2.75) is 19.2 Å². The van der Waals surface area contributed by atoms with Crippen LogP contribution in [0.4, 0.5) is 13.2 Å². The number of benzene rings is 1. The van der Waals surface area contributed by atoms with Crippen molar-refractivity contribution < 1.29 is 22.7 Å². The van der Waals surface area contributed by atoms with Gasteiger partial charge in [0.1, 0.15) is 6.07 Å². The maximum Gasteiger partial charge on any atom is 0.416 e. The Morgan fingerprint density at radius 2 is 1.88 bits per heavy atom. The summed E-state index contributed by atoms with van der Waals surface area (Å²) < 4.78 is 41.4. The van der Waals surface area contributed by atoms with Crippen LogP contribution in [0.5, 0.6) is 0 Å². The van der Waals surface area contributed by atoms with Gasteiger partial charge in [-0.25, -0.2) is 0 Å². The van der Waals surface area contributed by atoms with E-state index in [0.717, 1.165) is 31.2 Å². The molecule has 6 heteroatoms. The molecule has 17 heavy (non-hydrogen) atoms. The van der Waals surface area contributed by atoms with Crippen molar-refractivity contribution in [1.29, 1.82) is 5.26 Å². The lowest BCUT2D eigenvalue weighted by atomic mass is 10.1. The second kappa shape index (κ2) is 4.87. The Labute approximate surface area is 95.4 Å². The highest BCUT2D eigenvalue weighted by atomic mass is 19.4. The molecule has 90 valence electrons. The highest BCUT2D eigenvalue weighted by Gasteiger charge is 2.30. The number of halogens is 3. The van der Waals surface area contributed by atoms with E-state index in [4.69, 9.17) is 5.26 Å². The first-order valence-corrected chi connectivity index (χ1v) is 4.58. The van der Waals surface area contributed by atoms with Gasteiger partial charge in [-0.3, -0.25) is 4.79 Å². The summed E-state index contributed by atoms with van der Waals surface area (Å²) in [5, 5.41) is 8.71. The fourth-order valence-corrected chi connectivity index (χ4v) is 1.18. The molecule has 0 amide bonds. The van der Waals surface area contributed by atoms with Crippen molar-refractivity contribution in [3.63, 3.8) is 0 Å². The van der Waals surface area contributed by atoms with E-state index in [1.807, 2.05) is 0 Å². The molecule has 1 rings (SSSR count). The van der Waals surface area contributed by atoms with E-state index >= 15 is 0 Å². The Balaban J connectivity index is 2.94. The Morgan fingerprint density at radius 3 is 2.24 bits per heavy atom. The average Bonchev–Trinajstić information content (AvgIpc) is 2.24. The minimum atomic E-state index is -4.43. The molecule has 0 aromatic heterocycles. The largest absolute Gasteiger partial charge is 0.442 e. The van der Waals surface area contributed by atoms with Crippen LogP contribution in [0.15, 0.2) is 24.3 Å². The maximum absolute atomic E-state index is 12.3. The normalized spacial score (nSPS) is 12.6. The predicted octanol–water partition coefficient (Wildman–Crippen LogP) is 2.83. The van der Waals surface area contributed by atoms with E-state index in [1.54, 1.807) is 6.07 Å². The molecule has 0 heterocycles. The van der Waals surface area contributed by atoms with Gasteiger partial charge in [0.2, 0.25) is 6.10 Å². The molecule has 1 aromatic carbocycles. The first-order chi connectivity index (χ1) is 7.84. The van der Waals surface area contributed by atoms with Crippen LogP contribution in [0.1, 0.15) is 24.2 Å². The number of hydrogen-bond donors (Lipinski definition) is 0. The van der Waals surface area contributed by atoms with Gasteiger partial charge >= 0.3 is 12.1 Å². The lowest BCUT2D eigenvalue weighted by molar-refractivity contribution is -0.144. The number of ether oxygens (including phenoxy) is 1. The topological polar surface area (TPSA) is 50.1 Å². The molecule has 0 spiro atoms. The molecule has 0 aliphatic heterocycles. The Hall–Kier alpha value is -2.03. The Morgan fingerprint density at radius 1 is 1.35 bits per heavy atom. The van der Waals surface area contributed by atoms with Gasteiger partial charge < -0.3 is 4.74 Å². The SMILES string of the molecule is CC(=O)O[C@@H](C#N)c1ccc(C(F)(F)F)cc1. The zero-order chi connectivity index (χ0) is 13.1. The number of esters is 1. The first-order valence-electron chi connectivity index (χ1n) is 4.58. The molecule has 0 saturated carbocycles. The molecule has 0 fully saturated rings. The van der Waals surface area contributed by atoms with Crippen LogP contribution in [0.2, 0.25) is 0 Å². The number of carbonyl (C=O) groups excluding carboxylic acids is 1. The molecule has 0 aliphatic carbocycles. The van der Waals surface area contributed by atoms with Crippen molar-refractivity contribution in [1.82, 2.24) is 0 Å². The lowest BCUT2D eigenvalue weighted by Gasteiger charge is -2.11. The number of rotatable bonds is 2. The molecule has 0 radical (unpaired) electrons. The molecule has 0 aliphatic rings.